The van der Waals surface area contributed by atoms with E-state index in [2.05, 4.69) is 16.0 Å². The Morgan fingerprint density at radius 3 is 2.64 bits per heavy atom. The lowest BCUT2D eigenvalue weighted by molar-refractivity contribution is -0.115. The number of methoxy groups -OCH3 is 1. The second-order valence-corrected chi connectivity index (χ2v) is 6.84. The van der Waals surface area contributed by atoms with Gasteiger partial charge in [-0.1, -0.05) is 18.2 Å². The fourth-order valence-electron chi connectivity index (χ4n) is 2.79. The molecule has 3 N–H and O–H groups in total. The first-order chi connectivity index (χ1) is 13.5. The Balaban J connectivity index is 1.57. The van der Waals surface area contributed by atoms with Gasteiger partial charge in [0.05, 0.1) is 24.9 Å². The Hall–Kier alpha value is -2.93. The molecule has 1 aliphatic rings. The Kier molecular flexibility index (Phi) is 6.26. The van der Waals surface area contributed by atoms with Gasteiger partial charge < -0.3 is 20.7 Å². The van der Waals surface area contributed by atoms with Crippen LogP contribution < -0.4 is 20.7 Å². The first kappa shape index (κ1) is 19.8. The molecule has 28 heavy (non-hydrogen) atoms. The maximum atomic E-state index is 13.8. The predicted octanol–water partition coefficient (Wildman–Crippen LogP) is 3.02. The second-order valence-electron chi connectivity index (χ2n) is 6.84. The van der Waals surface area contributed by atoms with Crippen molar-refractivity contribution in [2.75, 3.05) is 19.0 Å². The second kappa shape index (κ2) is 8.84. The topological polar surface area (TPSA) is 79.5 Å². The van der Waals surface area contributed by atoms with Crippen LogP contribution in [0.1, 0.15) is 41.7 Å². The number of hydrogen-bond donors (Lipinski definition) is 3. The summed E-state index contributed by atoms with van der Waals surface area (Å²) in [6.45, 7) is 1.86. The molecule has 1 fully saturated rings. The maximum absolute atomic E-state index is 13.8. The minimum Gasteiger partial charge on any atom is -0.494 e. The monoisotopic (exact) mass is 385 g/mol. The molecule has 148 valence electrons. The predicted molar refractivity (Wildman–Crippen MR) is 105 cm³/mol. The molecule has 2 aromatic carbocycles. The highest BCUT2D eigenvalue weighted by molar-refractivity contribution is 6.04. The molecule has 1 saturated carbocycles. The summed E-state index contributed by atoms with van der Waals surface area (Å²) < 4.78 is 18.8. The molecule has 1 atom stereocenters. The van der Waals surface area contributed by atoms with E-state index in [9.17, 15) is 14.0 Å². The van der Waals surface area contributed by atoms with Crippen molar-refractivity contribution in [3.8, 4) is 5.75 Å². The van der Waals surface area contributed by atoms with Gasteiger partial charge in [-0.05, 0) is 49.6 Å². The van der Waals surface area contributed by atoms with E-state index in [4.69, 9.17) is 4.74 Å². The molecule has 0 radical (unpaired) electrons. The van der Waals surface area contributed by atoms with Crippen LogP contribution in [0.2, 0.25) is 0 Å². The van der Waals surface area contributed by atoms with E-state index < -0.39 is 5.82 Å². The van der Waals surface area contributed by atoms with Crippen LogP contribution in [0, 0.1) is 5.82 Å². The quantitative estimate of drug-likeness (QED) is 0.653. The number of halogens is 1. The smallest absolute Gasteiger partial charge is 0.253 e. The number of rotatable bonds is 8. The fraction of sp³-hybridized carbons (Fsp3) is 0.333. The van der Waals surface area contributed by atoms with E-state index in [1.54, 1.807) is 36.4 Å². The summed E-state index contributed by atoms with van der Waals surface area (Å²) in [5.74, 6) is -0.746. The molecule has 7 heteroatoms. The SMILES string of the molecule is COc1ccc(C(C)NCC(=O)Nc2ccccc2C(=O)NC2CC2)cc1F. The Labute approximate surface area is 163 Å². The van der Waals surface area contributed by atoms with Crippen LogP contribution in [0.15, 0.2) is 42.5 Å². The number of carbonyl (C=O) groups excluding carboxylic acids is 2. The van der Waals surface area contributed by atoms with Gasteiger partial charge in [0.15, 0.2) is 11.6 Å². The zero-order chi connectivity index (χ0) is 20.1. The highest BCUT2D eigenvalue weighted by Gasteiger charge is 2.25. The summed E-state index contributed by atoms with van der Waals surface area (Å²) in [6, 6.07) is 11.6. The maximum Gasteiger partial charge on any atom is 0.253 e. The minimum atomic E-state index is -0.450. The largest absolute Gasteiger partial charge is 0.494 e. The number of carbonyl (C=O) groups is 2. The van der Waals surface area contributed by atoms with E-state index in [-0.39, 0.29) is 36.2 Å². The molecule has 1 aliphatic carbocycles. The van der Waals surface area contributed by atoms with Crippen molar-refractivity contribution in [1.29, 1.82) is 0 Å². The van der Waals surface area contributed by atoms with E-state index >= 15 is 0 Å². The Morgan fingerprint density at radius 2 is 1.96 bits per heavy atom. The van der Waals surface area contributed by atoms with Gasteiger partial charge in [0.1, 0.15) is 0 Å². The minimum absolute atomic E-state index is 0.0212. The van der Waals surface area contributed by atoms with Gasteiger partial charge in [-0.2, -0.15) is 0 Å². The van der Waals surface area contributed by atoms with Gasteiger partial charge in [0.2, 0.25) is 5.91 Å². The average Bonchev–Trinajstić information content (AvgIpc) is 3.50. The molecule has 0 aromatic heterocycles. The van der Waals surface area contributed by atoms with E-state index in [1.807, 2.05) is 6.92 Å². The molecular formula is C21H24FN3O3. The number of amides is 2. The summed E-state index contributed by atoms with van der Waals surface area (Å²) in [4.78, 5) is 24.6. The summed E-state index contributed by atoms with van der Waals surface area (Å²) in [5, 5.41) is 8.74. The van der Waals surface area contributed by atoms with Crippen LogP contribution in [0.3, 0.4) is 0 Å². The first-order valence-corrected chi connectivity index (χ1v) is 9.24. The summed E-state index contributed by atoms with van der Waals surface area (Å²) in [6.07, 6.45) is 1.99. The van der Waals surface area contributed by atoms with Crippen LogP contribution in [-0.4, -0.2) is 31.5 Å². The van der Waals surface area contributed by atoms with E-state index in [0.717, 1.165) is 12.8 Å². The first-order valence-electron chi connectivity index (χ1n) is 9.24. The van der Waals surface area contributed by atoms with Crippen molar-refractivity contribution in [3.05, 3.63) is 59.4 Å². The molecule has 0 bridgehead atoms. The number of nitrogens with one attached hydrogen (secondary N) is 3. The molecule has 0 saturated heterocycles. The van der Waals surface area contributed by atoms with E-state index in [1.165, 1.54) is 13.2 Å². The van der Waals surface area contributed by atoms with E-state index in [0.29, 0.717) is 16.8 Å². The van der Waals surface area contributed by atoms with Crippen molar-refractivity contribution >= 4 is 17.5 Å². The van der Waals surface area contributed by atoms with Crippen molar-refractivity contribution in [1.82, 2.24) is 10.6 Å². The van der Waals surface area contributed by atoms with Crippen LogP contribution in [0.25, 0.3) is 0 Å². The van der Waals surface area contributed by atoms with Gasteiger partial charge >= 0.3 is 0 Å². The normalized spacial score (nSPS) is 14.2. The summed E-state index contributed by atoms with van der Waals surface area (Å²) >= 11 is 0. The molecule has 6 nitrogen and oxygen atoms in total. The highest BCUT2D eigenvalue weighted by atomic mass is 19.1. The number of anilines is 1. The lowest BCUT2D eigenvalue weighted by atomic mass is 10.1. The molecule has 0 spiro atoms. The standard InChI is InChI=1S/C21H24FN3O3/c1-13(14-7-10-19(28-2)17(22)11-14)23-12-20(26)25-18-6-4-3-5-16(18)21(27)24-15-8-9-15/h3-7,10-11,13,15,23H,8-9,12H2,1-2H3,(H,24,27)(H,25,26). The fourth-order valence-corrected chi connectivity index (χ4v) is 2.79. The van der Waals surface area contributed by atoms with Crippen molar-refractivity contribution in [2.45, 2.75) is 31.8 Å². The Morgan fingerprint density at radius 1 is 1.21 bits per heavy atom. The van der Waals surface area contributed by atoms with Crippen LogP contribution in [-0.2, 0) is 4.79 Å². The van der Waals surface area contributed by atoms with Crippen LogP contribution >= 0.6 is 0 Å². The number of para-hydroxylation sites is 1. The summed E-state index contributed by atoms with van der Waals surface area (Å²) in [5.41, 5.74) is 1.61. The third-order valence-corrected chi connectivity index (χ3v) is 4.60. The van der Waals surface area contributed by atoms with Crippen LogP contribution in [0.5, 0.6) is 5.75 Å². The molecular weight excluding hydrogens is 361 g/mol. The third kappa shape index (κ3) is 5.07. The lowest BCUT2D eigenvalue weighted by Crippen LogP contribution is -2.31. The van der Waals surface area contributed by atoms with Crippen molar-refractivity contribution in [2.24, 2.45) is 0 Å². The summed E-state index contributed by atoms with van der Waals surface area (Å²) in [7, 11) is 1.41. The van der Waals surface area contributed by atoms with Gasteiger partial charge in [0.25, 0.3) is 5.91 Å². The Bertz CT molecular complexity index is 868. The molecule has 2 aromatic rings. The molecule has 0 heterocycles. The number of hydrogen-bond acceptors (Lipinski definition) is 4. The van der Waals surface area contributed by atoms with Crippen molar-refractivity contribution < 1.29 is 18.7 Å². The van der Waals surface area contributed by atoms with Gasteiger partial charge in [0, 0.05) is 12.1 Å². The molecule has 2 amide bonds. The average molecular weight is 385 g/mol. The zero-order valence-electron chi connectivity index (χ0n) is 15.9. The van der Waals surface area contributed by atoms with Gasteiger partial charge in [-0.25, -0.2) is 4.39 Å². The van der Waals surface area contributed by atoms with Gasteiger partial charge in [-0.3, -0.25) is 9.59 Å². The lowest BCUT2D eigenvalue weighted by Gasteiger charge is -2.16. The number of benzene rings is 2. The highest BCUT2D eigenvalue weighted by Crippen LogP contribution is 2.23. The molecule has 0 aliphatic heterocycles. The molecule has 1 unspecified atom stereocenters. The van der Waals surface area contributed by atoms with Crippen molar-refractivity contribution in [3.63, 3.8) is 0 Å². The zero-order valence-corrected chi connectivity index (χ0v) is 15.9. The third-order valence-electron chi connectivity index (χ3n) is 4.60. The van der Waals surface area contributed by atoms with Crippen LogP contribution in [0.4, 0.5) is 10.1 Å². The molecule has 3 rings (SSSR count). The van der Waals surface area contributed by atoms with Gasteiger partial charge in [-0.15, -0.1) is 0 Å². The number of ether oxygens (including phenoxy) is 1.